The highest BCUT2D eigenvalue weighted by Gasteiger charge is 2.06. The van der Waals surface area contributed by atoms with Gasteiger partial charge in [-0.2, -0.15) is 0 Å². The van der Waals surface area contributed by atoms with Gasteiger partial charge in [-0.05, 0) is 43.3 Å². The van der Waals surface area contributed by atoms with E-state index in [1.807, 2.05) is 6.08 Å². The van der Waals surface area contributed by atoms with Gasteiger partial charge in [-0.25, -0.2) is 0 Å². The van der Waals surface area contributed by atoms with E-state index in [9.17, 15) is 0 Å². The number of allylic oxidation sites excluding steroid dienone is 5. The Hall–Kier alpha value is -0.780. The minimum absolute atomic E-state index is 1.04. The van der Waals surface area contributed by atoms with Gasteiger partial charge in [0.2, 0.25) is 0 Å². The molecule has 0 aliphatic rings. The fourth-order valence-electron chi connectivity index (χ4n) is 2.09. The molecule has 0 N–H and O–H groups in total. The average Bonchev–Trinajstić information content (AvgIpc) is 2.27. The number of hydrogen-bond donors (Lipinski definition) is 0. The molecule has 0 aromatic heterocycles. The van der Waals surface area contributed by atoms with Gasteiger partial charge in [-0.3, -0.25) is 0 Å². The number of hydrogen-bond acceptors (Lipinski definition) is 0. The van der Waals surface area contributed by atoms with Crippen molar-refractivity contribution < 1.29 is 0 Å². The van der Waals surface area contributed by atoms with Crippen LogP contribution in [0.2, 0.25) is 0 Å². The summed E-state index contributed by atoms with van der Waals surface area (Å²) in [7, 11) is 0. The Morgan fingerprint density at radius 2 is 1.67 bits per heavy atom. The molecule has 0 bridgehead atoms. The Balaban J connectivity index is 5.12. The normalized spacial score (nSPS) is 13.7. The lowest BCUT2D eigenvalue weighted by molar-refractivity contribution is 0.920. The lowest BCUT2D eigenvalue weighted by Gasteiger charge is -2.14. The van der Waals surface area contributed by atoms with Gasteiger partial charge in [-0.15, -0.1) is 6.58 Å². The zero-order chi connectivity index (χ0) is 11.7. The molecule has 0 atom stereocenters. The quantitative estimate of drug-likeness (QED) is 0.385. The summed E-state index contributed by atoms with van der Waals surface area (Å²) in [5.74, 6) is 0. The third-order valence-electron chi connectivity index (χ3n) is 2.82. The molecule has 0 aromatic rings. The van der Waals surface area contributed by atoms with Gasteiger partial charge in [-0.1, -0.05) is 45.4 Å². The fourth-order valence-corrected chi connectivity index (χ4v) is 2.09. The summed E-state index contributed by atoms with van der Waals surface area (Å²) in [4.78, 5) is 0. The molecule has 0 heterocycles. The van der Waals surface area contributed by atoms with Crippen LogP contribution < -0.4 is 0 Å². The van der Waals surface area contributed by atoms with Crippen LogP contribution in [-0.2, 0) is 0 Å². The van der Waals surface area contributed by atoms with Gasteiger partial charge in [0.1, 0.15) is 0 Å². The van der Waals surface area contributed by atoms with Crippen LogP contribution in [0.3, 0.4) is 0 Å². The van der Waals surface area contributed by atoms with Crippen LogP contribution in [0.5, 0.6) is 0 Å². The molecule has 86 valence electrons. The van der Waals surface area contributed by atoms with Crippen molar-refractivity contribution in [3.05, 3.63) is 35.5 Å². The summed E-state index contributed by atoms with van der Waals surface area (Å²) in [6, 6.07) is 0. The molecule has 0 saturated carbocycles. The van der Waals surface area contributed by atoms with Gasteiger partial charge in [0.15, 0.2) is 0 Å². The smallest absolute Gasteiger partial charge is 0.0136 e. The van der Waals surface area contributed by atoms with E-state index in [1.165, 1.54) is 0 Å². The second-order valence-corrected chi connectivity index (χ2v) is 3.77. The first-order valence-corrected chi connectivity index (χ1v) is 6.26. The molecule has 0 spiro atoms. The van der Waals surface area contributed by atoms with Crippen LogP contribution in [0.1, 0.15) is 59.8 Å². The van der Waals surface area contributed by atoms with Crippen LogP contribution >= 0.6 is 0 Å². The molecule has 0 nitrogen and oxygen atoms in total. The van der Waals surface area contributed by atoms with E-state index < -0.39 is 0 Å². The van der Waals surface area contributed by atoms with E-state index in [4.69, 9.17) is 0 Å². The molecule has 0 rings (SSSR count). The van der Waals surface area contributed by atoms with Crippen molar-refractivity contribution in [2.24, 2.45) is 0 Å². The zero-order valence-electron chi connectivity index (χ0n) is 10.9. The maximum atomic E-state index is 3.84. The standard InChI is InChI=1S/C15H26/c1-6-11-13(8-3)15(10-5)14(9-4)12-7-2/h6,12H,1,7-11H2,2-5H3/b14-12+,15-13+. The lowest BCUT2D eigenvalue weighted by atomic mass is 9.92. The van der Waals surface area contributed by atoms with E-state index in [-0.39, 0.29) is 0 Å². The predicted molar refractivity (Wildman–Crippen MR) is 71.1 cm³/mol. The van der Waals surface area contributed by atoms with E-state index in [1.54, 1.807) is 16.7 Å². The van der Waals surface area contributed by atoms with Gasteiger partial charge >= 0.3 is 0 Å². The minimum Gasteiger partial charge on any atom is -0.103 e. The maximum Gasteiger partial charge on any atom is -0.0136 e. The summed E-state index contributed by atoms with van der Waals surface area (Å²) < 4.78 is 0. The molecule has 0 saturated heterocycles. The monoisotopic (exact) mass is 206 g/mol. The Bertz CT molecular complexity index is 241. The van der Waals surface area contributed by atoms with E-state index in [0.717, 1.165) is 32.1 Å². The van der Waals surface area contributed by atoms with Gasteiger partial charge in [0, 0.05) is 0 Å². The molecule has 0 unspecified atom stereocenters. The first kappa shape index (κ1) is 14.2. The van der Waals surface area contributed by atoms with Crippen molar-refractivity contribution in [1.82, 2.24) is 0 Å². The second kappa shape index (κ2) is 8.52. The molecule has 0 amide bonds. The van der Waals surface area contributed by atoms with E-state index >= 15 is 0 Å². The summed E-state index contributed by atoms with van der Waals surface area (Å²) in [6.45, 7) is 12.8. The van der Waals surface area contributed by atoms with Crippen molar-refractivity contribution >= 4 is 0 Å². The first-order chi connectivity index (χ1) is 7.24. The van der Waals surface area contributed by atoms with Crippen LogP contribution in [-0.4, -0.2) is 0 Å². The largest absolute Gasteiger partial charge is 0.103 e. The van der Waals surface area contributed by atoms with Crippen LogP contribution in [0.15, 0.2) is 35.5 Å². The minimum atomic E-state index is 1.04. The third-order valence-corrected chi connectivity index (χ3v) is 2.82. The lowest BCUT2D eigenvalue weighted by Crippen LogP contribution is -1.94. The second-order valence-electron chi connectivity index (χ2n) is 3.77. The Labute approximate surface area is 95.8 Å². The molecule has 0 aliphatic carbocycles. The molecule has 0 heteroatoms. The summed E-state index contributed by atoms with van der Waals surface area (Å²) in [5.41, 5.74) is 4.68. The van der Waals surface area contributed by atoms with Crippen molar-refractivity contribution in [3.8, 4) is 0 Å². The highest BCUT2D eigenvalue weighted by molar-refractivity contribution is 5.35. The van der Waals surface area contributed by atoms with Crippen LogP contribution in [0.4, 0.5) is 0 Å². The summed E-state index contributed by atoms with van der Waals surface area (Å²) in [5, 5.41) is 0. The SMILES string of the molecule is C=CC/C(CC)=C(CC)/C(=C/CC)CC. The van der Waals surface area contributed by atoms with Gasteiger partial charge < -0.3 is 0 Å². The highest BCUT2D eigenvalue weighted by atomic mass is 14.1. The topological polar surface area (TPSA) is 0 Å². The predicted octanol–water partition coefficient (Wildman–Crippen LogP) is 5.43. The van der Waals surface area contributed by atoms with Crippen molar-refractivity contribution in [2.45, 2.75) is 59.8 Å². The van der Waals surface area contributed by atoms with E-state index in [2.05, 4.69) is 40.3 Å². The fraction of sp³-hybridized carbons (Fsp3) is 0.600. The van der Waals surface area contributed by atoms with Gasteiger partial charge in [0.25, 0.3) is 0 Å². The third kappa shape index (κ3) is 4.51. The van der Waals surface area contributed by atoms with Gasteiger partial charge in [0.05, 0.1) is 0 Å². The van der Waals surface area contributed by atoms with Crippen LogP contribution in [0.25, 0.3) is 0 Å². The van der Waals surface area contributed by atoms with Crippen molar-refractivity contribution in [3.63, 3.8) is 0 Å². The molecule has 0 radical (unpaired) electrons. The first-order valence-electron chi connectivity index (χ1n) is 6.26. The number of rotatable bonds is 7. The Kier molecular flexibility index (Phi) is 8.08. The highest BCUT2D eigenvalue weighted by Crippen LogP contribution is 2.25. The van der Waals surface area contributed by atoms with E-state index in [0.29, 0.717) is 0 Å². The molecule has 0 aromatic carbocycles. The van der Waals surface area contributed by atoms with Crippen molar-refractivity contribution in [2.75, 3.05) is 0 Å². The Morgan fingerprint density at radius 3 is 2.00 bits per heavy atom. The maximum absolute atomic E-state index is 3.84. The molecular formula is C15H26. The van der Waals surface area contributed by atoms with Crippen LogP contribution in [0, 0.1) is 0 Å². The Morgan fingerprint density at radius 1 is 1.00 bits per heavy atom. The molecule has 0 fully saturated rings. The molecule has 15 heavy (non-hydrogen) atoms. The van der Waals surface area contributed by atoms with Crippen molar-refractivity contribution in [1.29, 1.82) is 0 Å². The summed E-state index contributed by atoms with van der Waals surface area (Å²) >= 11 is 0. The zero-order valence-corrected chi connectivity index (χ0v) is 10.9. The molecule has 0 aliphatic heterocycles. The average molecular weight is 206 g/mol. The molecular weight excluding hydrogens is 180 g/mol. The summed E-state index contributed by atoms with van der Waals surface area (Å²) in [6.07, 6.45) is 10.0.